The molecule has 0 fully saturated rings. The van der Waals surface area contributed by atoms with Crippen molar-refractivity contribution in [2.24, 2.45) is 0 Å². The smallest absolute Gasteiger partial charge is 0.262 e. The first-order valence-electron chi connectivity index (χ1n) is 6.11. The molecule has 0 radical (unpaired) electrons. The molecule has 0 atom stereocenters. The van der Waals surface area contributed by atoms with Gasteiger partial charge in [-0.1, -0.05) is 30.3 Å². The van der Waals surface area contributed by atoms with E-state index in [4.69, 9.17) is 0 Å². The zero-order chi connectivity index (χ0) is 14.8. The Morgan fingerprint density at radius 3 is 2.55 bits per heavy atom. The molecule has 7 heteroatoms. The third-order valence-electron chi connectivity index (χ3n) is 3.10. The molecular weight excluding hydrogens is 278 g/mol. The lowest BCUT2D eigenvalue weighted by atomic mass is 10.2. The van der Waals surface area contributed by atoms with E-state index >= 15 is 0 Å². The lowest BCUT2D eigenvalue weighted by Gasteiger charge is -2.16. The fraction of sp³-hybridized carbons (Fsp3) is 0.308. The Hall–Kier alpha value is -1.70. The first-order valence-corrected chi connectivity index (χ1v) is 7.55. The Kier molecular flexibility index (Phi) is 4.22. The van der Waals surface area contributed by atoms with Crippen molar-refractivity contribution in [3.05, 3.63) is 47.2 Å². The Labute approximate surface area is 118 Å². The minimum Gasteiger partial charge on any atom is -0.392 e. The topological polar surface area (TPSA) is 86.3 Å². The molecule has 6 nitrogen and oxygen atoms in total. The van der Waals surface area contributed by atoms with Crippen molar-refractivity contribution in [2.45, 2.75) is 25.1 Å². The summed E-state index contributed by atoms with van der Waals surface area (Å²) in [6.45, 7) is 1.56. The summed E-state index contributed by atoms with van der Waals surface area (Å²) in [6, 6.07) is 9.30. The minimum absolute atomic E-state index is 0.115. The second kappa shape index (κ2) is 5.74. The third kappa shape index (κ3) is 2.74. The van der Waals surface area contributed by atoms with Gasteiger partial charge in [-0.05, 0) is 12.5 Å². The van der Waals surface area contributed by atoms with Crippen LogP contribution in [0.1, 0.15) is 16.8 Å². The average Bonchev–Trinajstić information content (AvgIpc) is 2.81. The van der Waals surface area contributed by atoms with E-state index in [2.05, 4.69) is 10.2 Å². The predicted molar refractivity (Wildman–Crippen MR) is 74.3 cm³/mol. The highest BCUT2D eigenvalue weighted by Crippen LogP contribution is 2.20. The number of hydrogen-bond donors (Lipinski definition) is 2. The normalized spacial score (nSPS) is 12.0. The van der Waals surface area contributed by atoms with Gasteiger partial charge < -0.3 is 5.11 Å². The predicted octanol–water partition coefficient (Wildman–Crippen LogP) is 1.03. The second-order valence-corrected chi connectivity index (χ2v) is 6.50. The van der Waals surface area contributed by atoms with Crippen LogP contribution in [-0.2, 0) is 23.2 Å². The highest BCUT2D eigenvalue weighted by molar-refractivity contribution is 7.89. The van der Waals surface area contributed by atoms with Crippen LogP contribution in [0.25, 0.3) is 0 Å². The maximum absolute atomic E-state index is 12.5. The fourth-order valence-corrected chi connectivity index (χ4v) is 3.21. The third-order valence-corrected chi connectivity index (χ3v) is 4.87. The maximum atomic E-state index is 12.5. The number of H-pyrrole nitrogens is 1. The van der Waals surface area contributed by atoms with Crippen molar-refractivity contribution in [3.63, 3.8) is 0 Å². The molecule has 0 saturated carbocycles. The van der Waals surface area contributed by atoms with Gasteiger partial charge in [0.15, 0.2) is 5.03 Å². The van der Waals surface area contributed by atoms with Crippen LogP contribution in [0, 0.1) is 6.92 Å². The number of aliphatic hydroxyl groups is 1. The van der Waals surface area contributed by atoms with Crippen molar-refractivity contribution in [1.29, 1.82) is 0 Å². The van der Waals surface area contributed by atoms with Gasteiger partial charge in [-0.3, -0.25) is 5.10 Å². The summed E-state index contributed by atoms with van der Waals surface area (Å²) in [5.41, 5.74) is 1.75. The number of nitrogens with zero attached hydrogens (tertiary/aromatic N) is 2. The van der Waals surface area contributed by atoms with Gasteiger partial charge in [0, 0.05) is 24.8 Å². The fourth-order valence-electron chi connectivity index (χ4n) is 1.90. The molecule has 0 amide bonds. The van der Waals surface area contributed by atoms with E-state index < -0.39 is 10.0 Å². The van der Waals surface area contributed by atoms with E-state index in [1.807, 2.05) is 30.3 Å². The van der Waals surface area contributed by atoms with E-state index in [1.165, 1.54) is 11.4 Å². The number of benzene rings is 1. The van der Waals surface area contributed by atoms with Crippen LogP contribution >= 0.6 is 0 Å². The molecule has 0 aliphatic carbocycles. The Morgan fingerprint density at radius 1 is 1.30 bits per heavy atom. The molecule has 20 heavy (non-hydrogen) atoms. The summed E-state index contributed by atoms with van der Waals surface area (Å²) in [5, 5.41) is 15.6. The van der Waals surface area contributed by atoms with Gasteiger partial charge in [0.1, 0.15) is 0 Å². The number of rotatable bonds is 5. The summed E-state index contributed by atoms with van der Waals surface area (Å²) in [6.07, 6.45) is 0. The first-order chi connectivity index (χ1) is 9.46. The molecule has 0 unspecified atom stereocenters. The Bertz CT molecular complexity index is 680. The molecular formula is C13H17N3O3S. The second-order valence-electron chi connectivity index (χ2n) is 4.54. The van der Waals surface area contributed by atoms with Gasteiger partial charge in [-0.2, -0.15) is 9.40 Å². The molecule has 2 N–H and O–H groups in total. The number of sulfonamides is 1. The Balaban J connectivity index is 2.30. The first kappa shape index (κ1) is 14.7. The van der Waals surface area contributed by atoms with Crippen molar-refractivity contribution < 1.29 is 13.5 Å². The van der Waals surface area contributed by atoms with Gasteiger partial charge >= 0.3 is 0 Å². The van der Waals surface area contributed by atoms with Crippen LogP contribution in [-0.4, -0.2) is 35.1 Å². The Morgan fingerprint density at radius 2 is 1.95 bits per heavy atom. The summed E-state index contributed by atoms with van der Waals surface area (Å²) in [5.74, 6) is 0. The van der Waals surface area contributed by atoms with Crippen LogP contribution < -0.4 is 0 Å². The summed E-state index contributed by atoms with van der Waals surface area (Å²) >= 11 is 0. The molecule has 0 aliphatic rings. The van der Waals surface area contributed by atoms with Crippen LogP contribution in [0.15, 0.2) is 35.4 Å². The molecule has 0 spiro atoms. The van der Waals surface area contributed by atoms with Crippen LogP contribution in [0.5, 0.6) is 0 Å². The van der Waals surface area contributed by atoms with Crippen molar-refractivity contribution in [1.82, 2.24) is 14.5 Å². The molecule has 2 aromatic rings. The van der Waals surface area contributed by atoms with Crippen molar-refractivity contribution in [3.8, 4) is 0 Å². The largest absolute Gasteiger partial charge is 0.392 e. The standard InChI is InChI=1S/C13H17N3O3S/c1-10-12(9-17)13(15-14-10)20(18,19)16(2)8-11-6-4-3-5-7-11/h3-7,17H,8-9H2,1-2H3,(H,14,15). The van der Waals surface area contributed by atoms with Crippen LogP contribution in [0.2, 0.25) is 0 Å². The highest BCUT2D eigenvalue weighted by atomic mass is 32.2. The van der Waals surface area contributed by atoms with E-state index in [0.29, 0.717) is 11.3 Å². The lowest BCUT2D eigenvalue weighted by Crippen LogP contribution is -2.27. The summed E-state index contributed by atoms with van der Waals surface area (Å²) < 4.78 is 26.1. The van der Waals surface area contributed by atoms with E-state index in [-0.39, 0.29) is 18.2 Å². The molecule has 108 valence electrons. The molecule has 1 aromatic carbocycles. The zero-order valence-electron chi connectivity index (χ0n) is 11.4. The number of aryl methyl sites for hydroxylation is 1. The lowest BCUT2D eigenvalue weighted by molar-refractivity contribution is 0.277. The molecule has 0 bridgehead atoms. The average molecular weight is 295 g/mol. The molecule has 0 aliphatic heterocycles. The number of aliphatic hydroxyl groups excluding tert-OH is 1. The number of hydrogen-bond acceptors (Lipinski definition) is 4. The molecule has 1 heterocycles. The van der Waals surface area contributed by atoms with E-state index in [0.717, 1.165) is 5.56 Å². The quantitative estimate of drug-likeness (QED) is 0.862. The number of aromatic amines is 1. The van der Waals surface area contributed by atoms with Crippen molar-refractivity contribution in [2.75, 3.05) is 7.05 Å². The van der Waals surface area contributed by atoms with E-state index in [9.17, 15) is 13.5 Å². The van der Waals surface area contributed by atoms with Gasteiger partial charge in [-0.15, -0.1) is 0 Å². The van der Waals surface area contributed by atoms with E-state index in [1.54, 1.807) is 6.92 Å². The SMILES string of the molecule is Cc1[nH]nc(S(=O)(=O)N(C)Cc2ccccc2)c1CO. The van der Waals surface area contributed by atoms with Crippen molar-refractivity contribution >= 4 is 10.0 Å². The number of nitrogens with one attached hydrogen (secondary N) is 1. The summed E-state index contributed by atoms with van der Waals surface area (Å²) in [7, 11) is -2.23. The highest BCUT2D eigenvalue weighted by Gasteiger charge is 2.27. The zero-order valence-corrected chi connectivity index (χ0v) is 12.2. The minimum atomic E-state index is -3.73. The maximum Gasteiger partial charge on any atom is 0.262 e. The van der Waals surface area contributed by atoms with Gasteiger partial charge in [0.05, 0.1) is 6.61 Å². The summed E-state index contributed by atoms with van der Waals surface area (Å²) in [4.78, 5) is 0. The molecule has 2 rings (SSSR count). The van der Waals surface area contributed by atoms with Gasteiger partial charge in [-0.25, -0.2) is 8.42 Å². The van der Waals surface area contributed by atoms with Crippen LogP contribution in [0.4, 0.5) is 0 Å². The number of aromatic nitrogens is 2. The molecule has 1 aromatic heterocycles. The monoisotopic (exact) mass is 295 g/mol. The van der Waals surface area contributed by atoms with Crippen LogP contribution in [0.3, 0.4) is 0 Å². The molecule has 0 saturated heterocycles. The van der Waals surface area contributed by atoms with Gasteiger partial charge in [0.25, 0.3) is 10.0 Å². The van der Waals surface area contributed by atoms with Gasteiger partial charge in [0.2, 0.25) is 0 Å².